The number of nitrogens with zero attached hydrogens (tertiary/aromatic N) is 1. The first-order valence-corrected chi connectivity index (χ1v) is 7.82. The summed E-state index contributed by atoms with van der Waals surface area (Å²) < 4.78 is 29.4. The van der Waals surface area contributed by atoms with Crippen LogP contribution in [0.25, 0.3) is 0 Å². The number of esters is 1. The van der Waals surface area contributed by atoms with Crippen LogP contribution in [-0.4, -0.2) is 49.1 Å². The van der Waals surface area contributed by atoms with Crippen molar-refractivity contribution >= 4 is 33.7 Å². The van der Waals surface area contributed by atoms with Crippen molar-refractivity contribution in [3.05, 3.63) is 34.4 Å². The van der Waals surface area contributed by atoms with Gasteiger partial charge in [-0.1, -0.05) is 6.58 Å². The molecule has 0 aromatic rings. The Balaban J connectivity index is 0.00000312. The zero-order chi connectivity index (χ0) is 18.4. The predicted molar refractivity (Wildman–Crippen MR) is 70.4 cm³/mol. The van der Waals surface area contributed by atoms with E-state index in [2.05, 4.69) is 11.3 Å². The van der Waals surface area contributed by atoms with E-state index in [-0.39, 0.29) is 65.2 Å². The number of carbonyl (C=O) groups excluding carboxylic acids is 4. The number of rotatable bonds is 4. The largest absolute Gasteiger partial charge is 1.00 e. The SMILES string of the molecule is C=C1C(COC(C)=O)=C(C(=O)[O-])N2C(=O)/C(=C/C(=O)[O-])C2S1(=O)=O.[Na+].[Na+]. The van der Waals surface area contributed by atoms with E-state index in [1.807, 2.05) is 0 Å². The summed E-state index contributed by atoms with van der Waals surface area (Å²) in [6.07, 6.45) is 0.276. The third-order valence-electron chi connectivity index (χ3n) is 3.35. The Morgan fingerprint density at radius 3 is 2.23 bits per heavy atom. The average molecular weight is 401 g/mol. The van der Waals surface area contributed by atoms with E-state index in [4.69, 9.17) is 0 Å². The van der Waals surface area contributed by atoms with Crippen molar-refractivity contribution in [3.8, 4) is 0 Å². The third-order valence-corrected chi connectivity index (χ3v) is 5.34. The van der Waals surface area contributed by atoms with E-state index < -0.39 is 67.4 Å². The molecule has 1 unspecified atom stereocenters. The van der Waals surface area contributed by atoms with Gasteiger partial charge in [0, 0.05) is 12.5 Å². The molecule has 0 saturated carbocycles. The Bertz CT molecular complexity index is 872. The number of hydrogen-bond acceptors (Lipinski definition) is 9. The van der Waals surface area contributed by atoms with Crippen LogP contribution in [0.15, 0.2) is 34.4 Å². The van der Waals surface area contributed by atoms with Gasteiger partial charge in [-0.05, 0) is 6.08 Å². The number of fused-ring (bicyclic) bond motifs is 1. The summed E-state index contributed by atoms with van der Waals surface area (Å²) in [5, 5.41) is 20.1. The summed E-state index contributed by atoms with van der Waals surface area (Å²) in [4.78, 5) is 44.4. The predicted octanol–water partition coefficient (Wildman–Crippen LogP) is -9.65. The number of hydrogen-bond donors (Lipinski definition) is 0. The van der Waals surface area contributed by atoms with Gasteiger partial charge in [0.15, 0.2) is 5.37 Å². The number of β-lactam (4-membered cyclic amide) rings is 1. The summed E-state index contributed by atoms with van der Waals surface area (Å²) in [5.74, 6) is -5.69. The molecule has 0 radical (unpaired) electrons. The fourth-order valence-electron chi connectivity index (χ4n) is 2.34. The summed E-state index contributed by atoms with van der Waals surface area (Å²) in [5.41, 5.74) is -2.04. The van der Waals surface area contributed by atoms with E-state index in [0.717, 1.165) is 6.92 Å². The average Bonchev–Trinajstić information content (AvgIpc) is 2.45. The van der Waals surface area contributed by atoms with Crippen molar-refractivity contribution < 1.29 is 102 Å². The number of carboxylic acids is 2. The van der Waals surface area contributed by atoms with Crippen molar-refractivity contribution in [2.24, 2.45) is 0 Å². The minimum atomic E-state index is -4.38. The van der Waals surface area contributed by atoms with Gasteiger partial charge in [-0.15, -0.1) is 0 Å². The molecule has 1 atom stereocenters. The molecule has 10 nitrogen and oxygen atoms in total. The molecule has 2 heterocycles. The van der Waals surface area contributed by atoms with Crippen LogP contribution in [0.4, 0.5) is 0 Å². The maximum absolute atomic E-state index is 12.4. The number of carbonyl (C=O) groups is 4. The molecule has 0 spiro atoms. The Labute approximate surface area is 192 Å². The van der Waals surface area contributed by atoms with E-state index in [1.54, 1.807) is 0 Å². The number of ether oxygens (including phenoxy) is 1. The first-order valence-electron chi connectivity index (χ1n) is 6.27. The molecule has 2 aliphatic heterocycles. The van der Waals surface area contributed by atoms with Crippen LogP contribution in [0.1, 0.15) is 6.92 Å². The molecule has 2 aliphatic rings. The molecular formula is C13H9NNa2O9S. The molecular weight excluding hydrogens is 392 g/mol. The van der Waals surface area contributed by atoms with Crippen LogP contribution in [0.3, 0.4) is 0 Å². The normalized spacial score (nSPS) is 21.8. The van der Waals surface area contributed by atoms with Gasteiger partial charge in [0.1, 0.15) is 6.61 Å². The monoisotopic (exact) mass is 401 g/mol. The van der Waals surface area contributed by atoms with Gasteiger partial charge in [0.25, 0.3) is 5.91 Å². The van der Waals surface area contributed by atoms with Crippen LogP contribution in [-0.2, 0) is 33.8 Å². The second-order valence-electron chi connectivity index (χ2n) is 4.81. The molecule has 0 bridgehead atoms. The van der Waals surface area contributed by atoms with Gasteiger partial charge in [0.05, 0.1) is 28.1 Å². The molecule has 1 fully saturated rings. The minimum Gasteiger partial charge on any atom is -0.545 e. The van der Waals surface area contributed by atoms with E-state index in [9.17, 15) is 37.8 Å². The first-order chi connectivity index (χ1) is 11.0. The maximum atomic E-state index is 12.4. The topological polar surface area (TPSA) is 161 Å². The molecule has 1 saturated heterocycles. The van der Waals surface area contributed by atoms with Crippen molar-refractivity contribution in [3.63, 3.8) is 0 Å². The summed E-state index contributed by atoms with van der Waals surface area (Å²) in [7, 11) is -4.38. The molecule has 0 aliphatic carbocycles. The number of amides is 1. The Morgan fingerprint density at radius 2 is 1.81 bits per heavy atom. The van der Waals surface area contributed by atoms with E-state index in [1.165, 1.54) is 0 Å². The molecule has 26 heavy (non-hydrogen) atoms. The molecule has 0 aromatic heterocycles. The Morgan fingerprint density at radius 1 is 1.27 bits per heavy atom. The quantitative estimate of drug-likeness (QED) is 0.193. The summed E-state index contributed by atoms with van der Waals surface area (Å²) in [6, 6.07) is 0. The van der Waals surface area contributed by atoms with Crippen molar-refractivity contribution in [2.45, 2.75) is 12.3 Å². The van der Waals surface area contributed by atoms with Gasteiger partial charge in [0.2, 0.25) is 9.84 Å². The second kappa shape index (κ2) is 8.83. The molecule has 1 amide bonds. The van der Waals surface area contributed by atoms with Crippen LogP contribution in [0.2, 0.25) is 0 Å². The van der Waals surface area contributed by atoms with Crippen molar-refractivity contribution in [1.29, 1.82) is 0 Å². The summed E-state index contributed by atoms with van der Waals surface area (Å²) in [6.45, 7) is 3.51. The van der Waals surface area contributed by atoms with Crippen molar-refractivity contribution in [1.82, 2.24) is 4.90 Å². The molecule has 0 aromatic carbocycles. The number of carboxylic acid groups (broad SMARTS) is 2. The van der Waals surface area contributed by atoms with Crippen LogP contribution < -0.4 is 69.3 Å². The first kappa shape index (κ1) is 25.1. The molecule has 13 heteroatoms. The number of sulfone groups is 1. The van der Waals surface area contributed by atoms with Crippen LogP contribution in [0, 0.1) is 0 Å². The van der Waals surface area contributed by atoms with Crippen molar-refractivity contribution in [2.75, 3.05) is 6.61 Å². The van der Waals surface area contributed by atoms with Gasteiger partial charge >= 0.3 is 65.1 Å². The van der Waals surface area contributed by atoms with Crippen LogP contribution in [0.5, 0.6) is 0 Å². The van der Waals surface area contributed by atoms with E-state index >= 15 is 0 Å². The molecule has 2 rings (SSSR count). The standard InChI is InChI=1S/C13H11NO9S.2Na/c1-5-8(4-23-6(2)15)10(13(19)20)14-11(18)7(3-9(16)17)12(14)24(5,21)22;;/h3,12H,1,4H2,2H3,(H,16,17)(H,19,20);;/q;2*+1/p-2/b7-3-;;. The van der Waals surface area contributed by atoms with Gasteiger partial charge < -0.3 is 24.5 Å². The zero-order valence-electron chi connectivity index (χ0n) is 14.1. The minimum absolute atomic E-state index is 0. The van der Waals surface area contributed by atoms with Crippen LogP contribution >= 0.6 is 0 Å². The molecule has 128 valence electrons. The van der Waals surface area contributed by atoms with E-state index in [0.29, 0.717) is 4.90 Å². The van der Waals surface area contributed by atoms with Gasteiger partial charge in [-0.25, -0.2) is 8.42 Å². The second-order valence-corrected chi connectivity index (χ2v) is 6.84. The Hall–Kier alpha value is -0.950. The summed E-state index contributed by atoms with van der Waals surface area (Å²) >= 11 is 0. The third kappa shape index (κ3) is 4.14. The van der Waals surface area contributed by atoms with Gasteiger partial charge in [-0.3, -0.25) is 14.5 Å². The van der Waals surface area contributed by atoms with Gasteiger partial charge in [-0.2, -0.15) is 0 Å². The smallest absolute Gasteiger partial charge is 0.545 e. The maximum Gasteiger partial charge on any atom is 1.00 e. The zero-order valence-corrected chi connectivity index (χ0v) is 18.9. The molecule has 0 N–H and O–H groups in total. The Kier molecular flexibility index (Phi) is 8.50. The fraction of sp³-hybridized carbons (Fsp3) is 0.231. The number of aliphatic carboxylic acids is 2. The fourth-order valence-corrected chi connectivity index (χ4v) is 4.09.